The van der Waals surface area contributed by atoms with Crippen LogP contribution in [0.3, 0.4) is 0 Å². The Balaban J connectivity index is 2.77. The fourth-order valence-electron chi connectivity index (χ4n) is 1.73. The van der Waals surface area contributed by atoms with Gasteiger partial charge in [0.1, 0.15) is 0 Å². The highest BCUT2D eigenvalue weighted by Crippen LogP contribution is 2.34. The number of halogens is 4. The molecule has 0 aliphatic rings. The molecule has 0 amide bonds. The van der Waals surface area contributed by atoms with Crippen molar-refractivity contribution in [1.82, 2.24) is 0 Å². The summed E-state index contributed by atoms with van der Waals surface area (Å²) in [5.74, 6) is 0.571. The molecular weight excluding hydrogens is 275 g/mol. The van der Waals surface area contributed by atoms with Gasteiger partial charge in [-0.25, -0.2) is 0 Å². The molecule has 0 bridgehead atoms. The summed E-state index contributed by atoms with van der Waals surface area (Å²) in [6.07, 6.45) is -2.43. The minimum Gasteiger partial charge on any atom is -0.381 e. The predicted octanol–water partition coefficient (Wildman–Crippen LogP) is 5.60. The van der Waals surface area contributed by atoms with E-state index < -0.39 is 11.7 Å². The second-order valence-corrected chi connectivity index (χ2v) is 5.62. The molecule has 0 fully saturated rings. The van der Waals surface area contributed by atoms with Gasteiger partial charge in [-0.05, 0) is 43.9 Å². The van der Waals surface area contributed by atoms with Crippen molar-refractivity contribution < 1.29 is 13.2 Å². The van der Waals surface area contributed by atoms with Crippen molar-refractivity contribution >= 4 is 17.3 Å². The molecule has 1 aromatic carbocycles. The first kappa shape index (κ1) is 16.2. The van der Waals surface area contributed by atoms with Crippen molar-refractivity contribution in [3.8, 4) is 0 Å². The van der Waals surface area contributed by atoms with Crippen LogP contribution in [-0.2, 0) is 6.18 Å². The molecule has 1 N–H and O–H groups in total. The molecule has 1 unspecified atom stereocenters. The van der Waals surface area contributed by atoms with Gasteiger partial charge in [-0.2, -0.15) is 13.2 Å². The quantitative estimate of drug-likeness (QED) is 0.745. The zero-order chi connectivity index (χ0) is 14.6. The molecule has 1 atom stereocenters. The first-order chi connectivity index (χ1) is 8.70. The van der Waals surface area contributed by atoms with Crippen LogP contribution < -0.4 is 5.32 Å². The number of rotatable bonds is 5. The number of nitrogens with one attached hydrogen (secondary N) is 1. The normalized spacial score (nSPS) is 13.7. The third-order valence-electron chi connectivity index (χ3n) is 2.87. The zero-order valence-electron chi connectivity index (χ0n) is 11.3. The molecule has 0 aromatic heterocycles. The van der Waals surface area contributed by atoms with Crippen LogP contribution in [0.2, 0.25) is 5.02 Å². The van der Waals surface area contributed by atoms with E-state index in [9.17, 15) is 13.2 Å². The average Bonchev–Trinajstić information content (AvgIpc) is 2.28. The van der Waals surface area contributed by atoms with Gasteiger partial charge in [0.15, 0.2) is 0 Å². The zero-order valence-corrected chi connectivity index (χ0v) is 12.1. The SMILES string of the molecule is CC(C)CCC(C)Nc1cc(C(F)(F)F)ccc1Cl. The predicted molar refractivity (Wildman–Crippen MR) is 73.6 cm³/mol. The van der Waals surface area contributed by atoms with Crippen molar-refractivity contribution in [3.63, 3.8) is 0 Å². The van der Waals surface area contributed by atoms with Gasteiger partial charge in [0.25, 0.3) is 0 Å². The van der Waals surface area contributed by atoms with E-state index in [0.717, 1.165) is 25.0 Å². The lowest BCUT2D eigenvalue weighted by atomic mass is 10.0. The Morgan fingerprint density at radius 2 is 1.79 bits per heavy atom. The van der Waals surface area contributed by atoms with E-state index in [-0.39, 0.29) is 6.04 Å². The van der Waals surface area contributed by atoms with E-state index in [4.69, 9.17) is 11.6 Å². The van der Waals surface area contributed by atoms with Crippen LogP contribution >= 0.6 is 11.6 Å². The van der Waals surface area contributed by atoms with Gasteiger partial charge in [-0.3, -0.25) is 0 Å². The topological polar surface area (TPSA) is 12.0 Å². The maximum atomic E-state index is 12.6. The standard InChI is InChI=1S/C14H19ClF3N/c1-9(2)4-5-10(3)19-13-8-11(14(16,17)18)6-7-12(13)15/h6-10,19H,4-5H2,1-3H3. The third kappa shape index (κ3) is 5.31. The summed E-state index contributed by atoms with van der Waals surface area (Å²) in [5, 5.41) is 3.36. The summed E-state index contributed by atoms with van der Waals surface area (Å²) in [5.41, 5.74) is -0.344. The van der Waals surface area contributed by atoms with Gasteiger partial charge in [-0.1, -0.05) is 25.4 Å². The highest BCUT2D eigenvalue weighted by atomic mass is 35.5. The second-order valence-electron chi connectivity index (χ2n) is 5.21. The fraction of sp³-hybridized carbons (Fsp3) is 0.571. The average molecular weight is 294 g/mol. The number of benzene rings is 1. The maximum absolute atomic E-state index is 12.6. The van der Waals surface area contributed by atoms with Gasteiger partial charge < -0.3 is 5.32 Å². The van der Waals surface area contributed by atoms with E-state index in [1.54, 1.807) is 0 Å². The molecule has 5 heteroatoms. The molecular formula is C14H19ClF3N. The number of hydrogen-bond donors (Lipinski definition) is 1. The Labute approximate surface area is 117 Å². The monoisotopic (exact) mass is 293 g/mol. The van der Waals surface area contributed by atoms with Gasteiger partial charge in [0, 0.05) is 6.04 Å². The van der Waals surface area contributed by atoms with Crippen LogP contribution in [0.15, 0.2) is 18.2 Å². The Morgan fingerprint density at radius 3 is 2.32 bits per heavy atom. The van der Waals surface area contributed by atoms with E-state index in [0.29, 0.717) is 16.6 Å². The van der Waals surface area contributed by atoms with Crippen LogP contribution in [0.4, 0.5) is 18.9 Å². The van der Waals surface area contributed by atoms with E-state index in [2.05, 4.69) is 19.2 Å². The van der Waals surface area contributed by atoms with Crippen LogP contribution in [-0.4, -0.2) is 6.04 Å². The summed E-state index contributed by atoms with van der Waals surface area (Å²) in [7, 11) is 0. The lowest BCUT2D eigenvalue weighted by molar-refractivity contribution is -0.137. The molecule has 0 heterocycles. The summed E-state index contributed by atoms with van der Waals surface area (Å²) in [6.45, 7) is 6.17. The summed E-state index contributed by atoms with van der Waals surface area (Å²) in [4.78, 5) is 0. The molecule has 108 valence electrons. The Hall–Kier alpha value is -0.900. The lowest BCUT2D eigenvalue weighted by Gasteiger charge is -2.18. The van der Waals surface area contributed by atoms with Crippen molar-refractivity contribution in [2.24, 2.45) is 5.92 Å². The molecule has 0 radical (unpaired) electrons. The summed E-state index contributed by atoms with van der Waals surface area (Å²) >= 11 is 5.92. The molecule has 1 nitrogen and oxygen atoms in total. The molecule has 0 aliphatic heterocycles. The summed E-state index contributed by atoms with van der Waals surface area (Å²) in [6, 6.07) is 3.42. The smallest absolute Gasteiger partial charge is 0.381 e. The minimum absolute atomic E-state index is 0.0865. The summed E-state index contributed by atoms with van der Waals surface area (Å²) < 4.78 is 37.9. The van der Waals surface area contributed by atoms with Crippen LogP contribution in [0, 0.1) is 5.92 Å². The molecule has 0 spiro atoms. The lowest BCUT2D eigenvalue weighted by Crippen LogP contribution is -2.17. The third-order valence-corrected chi connectivity index (χ3v) is 3.20. The first-order valence-electron chi connectivity index (χ1n) is 6.33. The largest absolute Gasteiger partial charge is 0.416 e. The van der Waals surface area contributed by atoms with E-state index in [1.807, 2.05) is 6.92 Å². The van der Waals surface area contributed by atoms with Gasteiger partial charge in [0.05, 0.1) is 16.3 Å². The first-order valence-corrected chi connectivity index (χ1v) is 6.71. The number of alkyl halides is 3. The minimum atomic E-state index is -4.35. The van der Waals surface area contributed by atoms with Crippen LogP contribution in [0.5, 0.6) is 0 Å². The highest BCUT2D eigenvalue weighted by molar-refractivity contribution is 6.33. The molecule has 0 saturated carbocycles. The Bertz CT molecular complexity index is 416. The molecule has 19 heavy (non-hydrogen) atoms. The van der Waals surface area contributed by atoms with Gasteiger partial charge in [-0.15, -0.1) is 0 Å². The Kier molecular flexibility index (Phi) is 5.53. The fourth-order valence-corrected chi connectivity index (χ4v) is 1.91. The van der Waals surface area contributed by atoms with Crippen LogP contribution in [0.25, 0.3) is 0 Å². The maximum Gasteiger partial charge on any atom is 0.416 e. The molecule has 0 aliphatic carbocycles. The van der Waals surface area contributed by atoms with E-state index in [1.165, 1.54) is 6.07 Å². The molecule has 1 rings (SSSR count). The second kappa shape index (κ2) is 6.51. The highest BCUT2D eigenvalue weighted by Gasteiger charge is 2.31. The molecule has 1 aromatic rings. The van der Waals surface area contributed by atoms with Crippen molar-refractivity contribution in [3.05, 3.63) is 28.8 Å². The van der Waals surface area contributed by atoms with Crippen molar-refractivity contribution in [1.29, 1.82) is 0 Å². The van der Waals surface area contributed by atoms with Gasteiger partial charge >= 0.3 is 6.18 Å². The number of hydrogen-bond acceptors (Lipinski definition) is 1. The van der Waals surface area contributed by atoms with Gasteiger partial charge in [0.2, 0.25) is 0 Å². The Morgan fingerprint density at radius 1 is 1.16 bits per heavy atom. The molecule has 0 saturated heterocycles. The van der Waals surface area contributed by atoms with Crippen molar-refractivity contribution in [2.75, 3.05) is 5.32 Å². The van der Waals surface area contributed by atoms with Crippen molar-refractivity contribution in [2.45, 2.75) is 45.8 Å². The van der Waals surface area contributed by atoms with E-state index >= 15 is 0 Å². The number of anilines is 1. The van der Waals surface area contributed by atoms with Crippen LogP contribution in [0.1, 0.15) is 39.2 Å².